The Morgan fingerprint density at radius 2 is 2.20 bits per heavy atom. The largest absolute Gasteiger partial charge is 0.355 e. The van der Waals surface area contributed by atoms with Crippen LogP contribution in [0.5, 0.6) is 0 Å². The molecule has 112 valence electrons. The summed E-state index contributed by atoms with van der Waals surface area (Å²) in [7, 11) is 1.61. The number of nitrogens with zero attached hydrogens (tertiary/aromatic N) is 3. The minimum Gasteiger partial charge on any atom is -0.355 e. The van der Waals surface area contributed by atoms with Crippen LogP contribution in [0.4, 0.5) is 0 Å². The number of aryl methyl sites for hydroxylation is 1. The summed E-state index contributed by atoms with van der Waals surface area (Å²) in [6.45, 7) is 5.55. The third kappa shape index (κ3) is 4.06. The lowest BCUT2D eigenvalue weighted by atomic mass is 10.2. The first-order valence-corrected chi connectivity index (χ1v) is 6.75. The predicted octanol–water partition coefficient (Wildman–Crippen LogP) is -0.252. The van der Waals surface area contributed by atoms with Gasteiger partial charge in [0.15, 0.2) is 0 Å². The van der Waals surface area contributed by atoms with E-state index in [4.69, 9.17) is 5.73 Å². The van der Waals surface area contributed by atoms with Crippen LogP contribution in [0.25, 0.3) is 0 Å². The van der Waals surface area contributed by atoms with E-state index in [-0.39, 0.29) is 18.4 Å². The van der Waals surface area contributed by atoms with Crippen molar-refractivity contribution in [1.29, 1.82) is 0 Å². The SMILES string of the molecule is CCNC(=O)CN(C)C(=O)c1cnn(CCCN)c1C. The van der Waals surface area contributed by atoms with E-state index in [0.29, 0.717) is 25.2 Å². The van der Waals surface area contributed by atoms with Crippen LogP contribution in [-0.4, -0.2) is 53.2 Å². The van der Waals surface area contributed by atoms with Crippen LogP contribution in [-0.2, 0) is 11.3 Å². The molecule has 20 heavy (non-hydrogen) atoms. The highest BCUT2D eigenvalue weighted by Gasteiger charge is 2.19. The van der Waals surface area contributed by atoms with Crippen molar-refractivity contribution in [1.82, 2.24) is 20.0 Å². The average molecular weight is 281 g/mol. The Kier molecular flexibility index (Phi) is 6.17. The van der Waals surface area contributed by atoms with Gasteiger partial charge in [-0.1, -0.05) is 0 Å². The molecule has 0 unspecified atom stereocenters. The van der Waals surface area contributed by atoms with Gasteiger partial charge in [-0.3, -0.25) is 14.3 Å². The van der Waals surface area contributed by atoms with Crippen molar-refractivity contribution < 1.29 is 9.59 Å². The maximum Gasteiger partial charge on any atom is 0.257 e. The monoisotopic (exact) mass is 281 g/mol. The molecule has 0 bridgehead atoms. The van der Waals surface area contributed by atoms with E-state index in [0.717, 1.165) is 12.1 Å². The molecule has 0 aliphatic rings. The fraction of sp³-hybridized carbons (Fsp3) is 0.615. The highest BCUT2D eigenvalue weighted by Crippen LogP contribution is 2.10. The normalized spacial score (nSPS) is 10.4. The van der Waals surface area contributed by atoms with Crippen LogP contribution >= 0.6 is 0 Å². The summed E-state index contributed by atoms with van der Waals surface area (Å²) in [5, 5.41) is 6.85. The standard InChI is InChI=1S/C13H23N5O2/c1-4-15-12(19)9-17(3)13(20)11-8-16-18(10(11)2)7-5-6-14/h8H,4-7,9,14H2,1-3H3,(H,15,19). The number of hydrogen-bond acceptors (Lipinski definition) is 4. The molecule has 0 aromatic carbocycles. The fourth-order valence-electron chi connectivity index (χ4n) is 1.87. The zero-order valence-corrected chi connectivity index (χ0v) is 12.3. The number of carbonyl (C=O) groups is 2. The molecule has 7 nitrogen and oxygen atoms in total. The number of nitrogens with one attached hydrogen (secondary N) is 1. The maximum absolute atomic E-state index is 12.3. The molecule has 2 amide bonds. The number of nitrogens with two attached hydrogens (primary N) is 1. The molecule has 1 aromatic rings. The van der Waals surface area contributed by atoms with Crippen molar-refractivity contribution in [3.63, 3.8) is 0 Å². The Hall–Kier alpha value is -1.89. The van der Waals surface area contributed by atoms with E-state index in [1.807, 2.05) is 13.8 Å². The number of likely N-dealkylation sites (N-methyl/N-ethyl adjacent to an activating group) is 2. The van der Waals surface area contributed by atoms with Gasteiger partial charge in [0.25, 0.3) is 5.91 Å². The molecule has 0 radical (unpaired) electrons. The lowest BCUT2D eigenvalue weighted by molar-refractivity contribution is -0.121. The number of hydrogen-bond donors (Lipinski definition) is 2. The molecule has 7 heteroatoms. The zero-order valence-electron chi connectivity index (χ0n) is 12.3. The highest BCUT2D eigenvalue weighted by atomic mass is 16.2. The van der Waals surface area contributed by atoms with Gasteiger partial charge in [-0.15, -0.1) is 0 Å². The molecule has 0 aliphatic heterocycles. The zero-order chi connectivity index (χ0) is 15.1. The van der Waals surface area contributed by atoms with E-state index in [9.17, 15) is 9.59 Å². The Morgan fingerprint density at radius 1 is 1.50 bits per heavy atom. The summed E-state index contributed by atoms with van der Waals surface area (Å²) in [4.78, 5) is 25.1. The van der Waals surface area contributed by atoms with Crippen LogP contribution < -0.4 is 11.1 Å². The van der Waals surface area contributed by atoms with Crippen molar-refractivity contribution in [2.75, 3.05) is 26.7 Å². The third-order valence-electron chi connectivity index (χ3n) is 3.01. The first kappa shape index (κ1) is 16.2. The molecule has 0 spiro atoms. The molecule has 0 atom stereocenters. The quantitative estimate of drug-likeness (QED) is 0.720. The van der Waals surface area contributed by atoms with Crippen LogP contribution in [0, 0.1) is 6.92 Å². The summed E-state index contributed by atoms with van der Waals surface area (Å²) in [6, 6.07) is 0. The topological polar surface area (TPSA) is 93.2 Å². The highest BCUT2D eigenvalue weighted by molar-refractivity contribution is 5.97. The minimum absolute atomic E-state index is 0.0418. The van der Waals surface area contributed by atoms with Crippen molar-refractivity contribution in [2.45, 2.75) is 26.8 Å². The van der Waals surface area contributed by atoms with Gasteiger partial charge in [0.05, 0.1) is 18.3 Å². The van der Waals surface area contributed by atoms with E-state index in [1.54, 1.807) is 17.9 Å². The smallest absolute Gasteiger partial charge is 0.257 e. The minimum atomic E-state index is -0.201. The van der Waals surface area contributed by atoms with E-state index < -0.39 is 0 Å². The first-order chi connectivity index (χ1) is 9.51. The molecule has 0 saturated heterocycles. The molecule has 1 rings (SSSR count). The van der Waals surface area contributed by atoms with E-state index >= 15 is 0 Å². The summed E-state index contributed by atoms with van der Waals surface area (Å²) >= 11 is 0. The van der Waals surface area contributed by atoms with Crippen molar-refractivity contribution >= 4 is 11.8 Å². The number of amides is 2. The summed E-state index contributed by atoms with van der Waals surface area (Å²) in [5.74, 6) is -0.371. The summed E-state index contributed by atoms with van der Waals surface area (Å²) in [5.41, 5.74) is 6.78. The lowest BCUT2D eigenvalue weighted by Gasteiger charge is -2.16. The number of aromatic nitrogens is 2. The first-order valence-electron chi connectivity index (χ1n) is 6.75. The van der Waals surface area contributed by atoms with Crippen molar-refractivity contribution in [2.24, 2.45) is 5.73 Å². The van der Waals surface area contributed by atoms with Gasteiger partial charge >= 0.3 is 0 Å². The van der Waals surface area contributed by atoms with E-state index in [2.05, 4.69) is 10.4 Å². The molecular weight excluding hydrogens is 258 g/mol. The molecule has 1 aromatic heterocycles. The second kappa shape index (κ2) is 7.64. The van der Waals surface area contributed by atoms with Crippen LogP contribution in [0.15, 0.2) is 6.20 Å². The van der Waals surface area contributed by atoms with E-state index in [1.165, 1.54) is 4.90 Å². The molecular formula is C13H23N5O2. The summed E-state index contributed by atoms with van der Waals surface area (Å²) < 4.78 is 1.76. The second-order valence-corrected chi connectivity index (χ2v) is 4.62. The molecule has 0 aliphatic carbocycles. The predicted molar refractivity (Wildman–Crippen MR) is 76.3 cm³/mol. The van der Waals surface area contributed by atoms with Gasteiger partial charge in [-0.2, -0.15) is 5.10 Å². The Balaban J connectivity index is 2.71. The van der Waals surface area contributed by atoms with Crippen molar-refractivity contribution in [3.05, 3.63) is 17.5 Å². The van der Waals surface area contributed by atoms with Crippen LogP contribution in [0.1, 0.15) is 29.4 Å². The average Bonchev–Trinajstić information content (AvgIpc) is 2.77. The van der Waals surface area contributed by atoms with Crippen LogP contribution in [0.2, 0.25) is 0 Å². The van der Waals surface area contributed by atoms with Gasteiger partial charge in [-0.05, 0) is 26.8 Å². The van der Waals surface area contributed by atoms with Gasteiger partial charge in [0.1, 0.15) is 0 Å². The molecule has 0 saturated carbocycles. The number of carbonyl (C=O) groups excluding carboxylic acids is 2. The molecule has 3 N–H and O–H groups in total. The van der Waals surface area contributed by atoms with Crippen LogP contribution in [0.3, 0.4) is 0 Å². The third-order valence-corrected chi connectivity index (χ3v) is 3.01. The summed E-state index contributed by atoms with van der Waals surface area (Å²) in [6.07, 6.45) is 2.35. The van der Waals surface area contributed by atoms with Gasteiger partial charge in [0.2, 0.25) is 5.91 Å². The molecule has 0 fully saturated rings. The van der Waals surface area contributed by atoms with Gasteiger partial charge in [-0.25, -0.2) is 0 Å². The Bertz CT molecular complexity index is 469. The molecule has 1 heterocycles. The second-order valence-electron chi connectivity index (χ2n) is 4.62. The number of rotatable bonds is 7. The Morgan fingerprint density at radius 3 is 2.80 bits per heavy atom. The van der Waals surface area contributed by atoms with Gasteiger partial charge < -0.3 is 16.0 Å². The fourth-order valence-corrected chi connectivity index (χ4v) is 1.87. The maximum atomic E-state index is 12.3. The lowest BCUT2D eigenvalue weighted by Crippen LogP contribution is -2.38. The van der Waals surface area contributed by atoms with Gasteiger partial charge in [0, 0.05) is 25.8 Å². The van der Waals surface area contributed by atoms with Crippen molar-refractivity contribution in [3.8, 4) is 0 Å². The Labute approximate surface area is 119 Å².